The van der Waals surface area contributed by atoms with Crippen LogP contribution in [0.1, 0.15) is 16.1 Å². The lowest BCUT2D eigenvalue weighted by Gasteiger charge is -2.10. The maximum absolute atomic E-state index is 12.2. The van der Waals surface area contributed by atoms with Crippen LogP contribution in [0.15, 0.2) is 54.7 Å². The fourth-order valence-electron chi connectivity index (χ4n) is 2.35. The summed E-state index contributed by atoms with van der Waals surface area (Å²) in [5, 5.41) is 17.8. The Morgan fingerprint density at radius 2 is 2.00 bits per heavy atom. The average Bonchev–Trinajstić information content (AvgIpc) is 3.03. The zero-order chi connectivity index (χ0) is 18.7. The summed E-state index contributed by atoms with van der Waals surface area (Å²) in [4.78, 5) is 22.9. The molecule has 0 aliphatic heterocycles. The smallest absolute Gasteiger partial charge is 0.276 e. The molecule has 132 valence electrons. The Morgan fingerprint density at radius 3 is 2.65 bits per heavy atom. The van der Waals surface area contributed by atoms with E-state index >= 15 is 0 Å². The highest BCUT2D eigenvalue weighted by molar-refractivity contribution is 6.03. The van der Waals surface area contributed by atoms with Crippen molar-refractivity contribution < 1.29 is 14.5 Å². The quantitative estimate of drug-likeness (QED) is 0.558. The van der Waals surface area contributed by atoms with Gasteiger partial charge in [0.25, 0.3) is 11.6 Å². The third-order valence-corrected chi connectivity index (χ3v) is 3.63. The molecule has 1 amide bonds. The highest BCUT2D eigenvalue weighted by Crippen LogP contribution is 2.31. The van der Waals surface area contributed by atoms with E-state index in [-0.39, 0.29) is 22.8 Å². The van der Waals surface area contributed by atoms with Gasteiger partial charge in [0.2, 0.25) is 0 Å². The molecule has 26 heavy (non-hydrogen) atoms. The van der Waals surface area contributed by atoms with E-state index in [1.807, 2.05) is 25.1 Å². The van der Waals surface area contributed by atoms with Gasteiger partial charge in [-0.3, -0.25) is 19.6 Å². The number of hydrogen-bond acceptors (Lipinski definition) is 5. The van der Waals surface area contributed by atoms with Gasteiger partial charge in [0.05, 0.1) is 16.7 Å². The van der Waals surface area contributed by atoms with Crippen molar-refractivity contribution in [2.45, 2.75) is 6.92 Å². The standard InChI is InChI=1S/C18H16N4O4/c1-12-5-3-4-6-17(12)26-15-10-13(9-14(11-15)22(24)25)19-18(23)16-7-8-21(2)20-16/h3-11H,1-2H3,(H,19,23). The average molecular weight is 352 g/mol. The van der Waals surface area contributed by atoms with Gasteiger partial charge in [0.15, 0.2) is 5.69 Å². The molecule has 0 aliphatic carbocycles. The van der Waals surface area contributed by atoms with Crippen LogP contribution in [-0.2, 0) is 7.05 Å². The van der Waals surface area contributed by atoms with Gasteiger partial charge in [-0.1, -0.05) is 18.2 Å². The number of nitrogens with zero attached hydrogens (tertiary/aromatic N) is 3. The first-order chi connectivity index (χ1) is 12.4. The predicted molar refractivity (Wildman–Crippen MR) is 95.5 cm³/mol. The monoisotopic (exact) mass is 352 g/mol. The number of hydrogen-bond donors (Lipinski definition) is 1. The van der Waals surface area contributed by atoms with Gasteiger partial charge in [0.1, 0.15) is 11.5 Å². The molecule has 0 saturated heterocycles. The number of aryl methyl sites for hydroxylation is 2. The fourth-order valence-corrected chi connectivity index (χ4v) is 2.35. The van der Waals surface area contributed by atoms with Crippen LogP contribution in [0.2, 0.25) is 0 Å². The maximum atomic E-state index is 12.2. The molecule has 3 rings (SSSR count). The lowest BCUT2D eigenvalue weighted by molar-refractivity contribution is -0.384. The van der Waals surface area contributed by atoms with Crippen LogP contribution in [0.5, 0.6) is 11.5 Å². The third-order valence-electron chi connectivity index (χ3n) is 3.63. The highest BCUT2D eigenvalue weighted by Gasteiger charge is 2.15. The van der Waals surface area contributed by atoms with Gasteiger partial charge < -0.3 is 10.1 Å². The number of nitro benzene ring substituents is 1. The van der Waals surface area contributed by atoms with Gasteiger partial charge in [0, 0.05) is 25.4 Å². The predicted octanol–water partition coefficient (Wildman–Crippen LogP) is 3.68. The summed E-state index contributed by atoms with van der Waals surface area (Å²) in [6, 6.07) is 13.0. The van der Waals surface area contributed by atoms with E-state index in [2.05, 4.69) is 10.4 Å². The second-order valence-corrected chi connectivity index (χ2v) is 5.67. The first kappa shape index (κ1) is 17.2. The summed E-state index contributed by atoms with van der Waals surface area (Å²) in [6.45, 7) is 1.87. The van der Waals surface area contributed by atoms with Gasteiger partial charge >= 0.3 is 0 Å². The van der Waals surface area contributed by atoms with E-state index in [0.29, 0.717) is 5.75 Å². The minimum atomic E-state index is -0.541. The summed E-state index contributed by atoms with van der Waals surface area (Å²) in [7, 11) is 1.69. The van der Waals surface area contributed by atoms with E-state index in [1.165, 1.54) is 22.9 Å². The van der Waals surface area contributed by atoms with Crippen molar-refractivity contribution >= 4 is 17.3 Å². The molecule has 0 fully saturated rings. The molecule has 1 aromatic heterocycles. The zero-order valence-electron chi connectivity index (χ0n) is 14.2. The molecule has 1 heterocycles. The van der Waals surface area contributed by atoms with Gasteiger partial charge in [-0.15, -0.1) is 0 Å². The molecule has 3 aromatic rings. The van der Waals surface area contributed by atoms with Crippen molar-refractivity contribution in [3.8, 4) is 11.5 Å². The van der Waals surface area contributed by atoms with Gasteiger partial charge in [-0.2, -0.15) is 5.10 Å². The Labute approximate surface area is 149 Å². The van der Waals surface area contributed by atoms with Crippen LogP contribution < -0.4 is 10.1 Å². The SMILES string of the molecule is Cc1ccccc1Oc1cc(NC(=O)c2ccn(C)n2)cc([N+](=O)[O-])c1. The number of nitrogens with one attached hydrogen (secondary N) is 1. The minimum Gasteiger partial charge on any atom is -0.457 e. The van der Waals surface area contributed by atoms with Crippen LogP contribution in [0, 0.1) is 17.0 Å². The molecule has 0 spiro atoms. The van der Waals surface area contributed by atoms with Gasteiger partial charge in [-0.25, -0.2) is 0 Å². The first-order valence-electron chi connectivity index (χ1n) is 7.76. The number of carbonyl (C=O) groups excluding carboxylic acids is 1. The molecule has 0 radical (unpaired) electrons. The second kappa shape index (κ2) is 7.06. The summed E-state index contributed by atoms with van der Waals surface area (Å²) < 4.78 is 7.25. The van der Waals surface area contributed by atoms with Crippen molar-refractivity contribution in [3.63, 3.8) is 0 Å². The lowest BCUT2D eigenvalue weighted by Crippen LogP contribution is -2.13. The Bertz CT molecular complexity index is 981. The number of rotatable bonds is 5. The number of non-ortho nitro benzene ring substituents is 1. The summed E-state index contributed by atoms with van der Waals surface area (Å²) in [5.41, 5.74) is 1.16. The summed E-state index contributed by atoms with van der Waals surface area (Å²) in [5.74, 6) is 0.368. The zero-order valence-corrected chi connectivity index (χ0v) is 14.2. The normalized spacial score (nSPS) is 10.4. The number of carbonyl (C=O) groups is 1. The molecule has 0 saturated carbocycles. The van der Waals surface area contributed by atoms with Crippen molar-refractivity contribution in [3.05, 3.63) is 76.1 Å². The summed E-state index contributed by atoms with van der Waals surface area (Å²) in [6.07, 6.45) is 1.63. The number of ether oxygens (including phenoxy) is 1. The molecule has 0 unspecified atom stereocenters. The van der Waals surface area contributed by atoms with Crippen molar-refractivity contribution in [1.82, 2.24) is 9.78 Å². The first-order valence-corrected chi connectivity index (χ1v) is 7.76. The van der Waals surface area contributed by atoms with Crippen LogP contribution in [-0.4, -0.2) is 20.6 Å². The van der Waals surface area contributed by atoms with E-state index < -0.39 is 10.8 Å². The molecular formula is C18H16N4O4. The number of aromatic nitrogens is 2. The van der Waals surface area contributed by atoms with E-state index in [0.717, 1.165) is 5.56 Å². The van der Waals surface area contributed by atoms with Crippen molar-refractivity contribution in [1.29, 1.82) is 0 Å². The van der Waals surface area contributed by atoms with Crippen molar-refractivity contribution in [2.75, 3.05) is 5.32 Å². The number of para-hydroxylation sites is 1. The largest absolute Gasteiger partial charge is 0.457 e. The molecule has 8 nitrogen and oxygen atoms in total. The number of amides is 1. The Hall–Kier alpha value is -3.68. The number of nitro groups is 1. The molecule has 0 bridgehead atoms. The summed E-state index contributed by atoms with van der Waals surface area (Å²) >= 11 is 0. The Kier molecular flexibility index (Phi) is 4.66. The number of anilines is 1. The molecule has 0 aliphatic rings. The van der Waals surface area contributed by atoms with E-state index in [4.69, 9.17) is 4.74 Å². The molecule has 8 heteroatoms. The highest BCUT2D eigenvalue weighted by atomic mass is 16.6. The Morgan fingerprint density at radius 1 is 1.23 bits per heavy atom. The molecular weight excluding hydrogens is 336 g/mol. The molecule has 0 atom stereocenters. The maximum Gasteiger partial charge on any atom is 0.276 e. The van der Waals surface area contributed by atoms with Crippen LogP contribution in [0.3, 0.4) is 0 Å². The molecule has 1 N–H and O–H groups in total. The Balaban J connectivity index is 1.90. The number of benzene rings is 2. The fraction of sp³-hybridized carbons (Fsp3) is 0.111. The van der Waals surface area contributed by atoms with Crippen LogP contribution in [0.4, 0.5) is 11.4 Å². The molecule has 2 aromatic carbocycles. The third kappa shape index (κ3) is 3.86. The second-order valence-electron chi connectivity index (χ2n) is 5.67. The van der Waals surface area contributed by atoms with Crippen molar-refractivity contribution in [2.24, 2.45) is 7.05 Å². The topological polar surface area (TPSA) is 99.3 Å². The van der Waals surface area contributed by atoms with Crippen LogP contribution >= 0.6 is 0 Å². The minimum absolute atomic E-state index is 0.188. The van der Waals surface area contributed by atoms with Crippen LogP contribution in [0.25, 0.3) is 0 Å². The van der Waals surface area contributed by atoms with E-state index in [9.17, 15) is 14.9 Å². The lowest BCUT2D eigenvalue weighted by atomic mass is 10.2. The van der Waals surface area contributed by atoms with E-state index in [1.54, 1.807) is 25.4 Å². The van der Waals surface area contributed by atoms with Gasteiger partial charge in [-0.05, 0) is 24.6 Å².